The molecule has 142 valence electrons. The van der Waals surface area contributed by atoms with Gasteiger partial charge in [0.2, 0.25) is 0 Å². The SMILES string of the molecule is NCc1ccc(-c2cc(COc3ccccc3CC(=O)O)cc3ccoc23)s1. The normalized spacial score (nSPS) is 11.0. The van der Waals surface area contributed by atoms with E-state index in [1.165, 1.54) is 0 Å². The molecule has 0 aliphatic rings. The highest BCUT2D eigenvalue weighted by Gasteiger charge is 2.13. The summed E-state index contributed by atoms with van der Waals surface area (Å²) in [6.45, 7) is 0.842. The van der Waals surface area contributed by atoms with Crippen LogP contribution in [0.1, 0.15) is 16.0 Å². The molecule has 28 heavy (non-hydrogen) atoms. The average molecular weight is 393 g/mol. The molecule has 2 aromatic carbocycles. The molecule has 0 saturated carbocycles. The van der Waals surface area contributed by atoms with Crippen LogP contribution in [0.25, 0.3) is 21.4 Å². The number of nitrogens with two attached hydrogens (primary N) is 1. The number of ether oxygens (including phenoxy) is 1. The van der Waals surface area contributed by atoms with Crippen LogP contribution in [0, 0.1) is 0 Å². The van der Waals surface area contributed by atoms with Gasteiger partial charge in [-0.3, -0.25) is 4.79 Å². The second-order valence-corrected chi connectivity index (χ2v) is 7.59. The molecular formula is C22H19NO4S. The molecule has 0 atom stereocenters. The van der Waals surface area contributed by atoms with E-state index in [9.17, 15) is 4.79 Å². The number of rotatable bonds is 7. The van der Waals surface area contributed by atoms with E-state index in [0.29, 0.717) is 24.5 Å². The first-order valence-corrected chi connectivity index (χ1v) is 9.67. The Labute approximate surface area is 166 Å². The van der Waals surface area contributed by atoms with Crippen LogP contribution in [-0.4, -0.2) is 11.1 Å². The van der Waals surface area contributed by atoms with Crippen LogP contribution in [0.4, 0.5) is 0 Å². The summed E-state index contributed by atoms with van der Waals surface area (Å²) in [7, 11) is 0. The molecule has 5 nitrogen and oxygen atoms in total. The highest BCUT2D eigenvalue weighted by Crippen LogP contribution is 2.35. The molecule has 0 spiro atoms. The Balaban J connectivity index is 1.64. The zero-order valence-electron chi connectivity index (χ0n) is 15.1. The van der Waals surface area contributed by atoms with E-state index in [2.05, 4.69) is 12.1 Å². The third kappa shape index (κ3) is 3.78. The molecule has 4 rings (SSSR count). The minimum atomic E-state index is -0.883. The van der Waals surface area contributed by atoms with Gasteiger partial charge in [0, 0.05) is 32.8 Å². The van der Waals surface area contributed by atoms with E-state index in [1.54, 1.807) is 29.7 Å². The lowest BCUT2D eigenvalue weighted by molar-refractivity contribution is -0.136. The largest absolute Gasteiger partial charge is 0.489 e. The van der Waals surface area contributed by atoms with Crippen molar-refractivity contribution in [1.82, 2.24) is 0 Å². The van der Waals surface area contributed by atoms with Gasteiger partial charge in [-0.1, -0.05) is 18.2 Å². The molecule has 0 radical (unpaired) electrons. The molecule has 6 heteroatoms. The first kappa shape index (κ1) is 18.3. The maximum Gasteiger partial charge on any atom is 0.307 e. The number of hydrogen-bond donors (Lipinski definition) is 2. The highest BCUT2D eigenvalue weighted by atomic mass is 32.1. The maximum absolute atomic E-state index is 11.1. The van der Waals surface area contributed by atoms with E-state index in [-0.39, 0.29) is 6.42 Å². The van der Waals surface area contributed by atoms with Gasteiger partial charge in [0.05, 0.1) is 12.7 Å². The second kappa shape index (κ2) is 7.88. The van der Waals surface area contributed by atoms with Crippen molar-refractivity contribution in [1.29, 1.82) is 0 Å². The Morgan fingerprint density at radius 1 is 1.14 bits per heavy atom. The fourth-order valence-electron chi connectivity index (χ4n) is 3.16. The number of aliphatic carboxylic acids is 1. The molecule has 2 heterocycles. The summed E-state index contributed by atoms with van der Waals surface area (Å²) in [4.78, 5) is 13.3. The Hall–Kier alpha value is -3.09. The van der Waals surface area contributed by atoms with Gasteiger partial charge in [0.25, 0.3) is 0 Å². The molecule has 0 fully saturated rings. The topological polar surface area (TPSA) is 85.7 Å². The van der Waals surface area contributed by atoms with Gasteiger partial charge in [-0.2, -0.15) is 0 Å². The van der Waals surface area contributed by atoms with Crippen molar-refractivity contribution in [3.8, 4) is 16.2 Å². The number of carboxylic acid groups (broad SMARTS) is 1. The first-order chi connectivity index (χ1) is 13.6. The molecule has 3 N–H and O–H groups in total. The third-order valence-electron chi connectivity index (χ3n) is 4.45. The summed E-state index contributed by atoms with van der Waals surface area (Å²) in [5, 5.41) is 10.1. The smallest absolute Gasteiger partial charge is 0.307 e. The van der Waals surface area contributed by atoms with Crippen molar-refractivity contribution in [2.45, 2.75) is 19.6 Å². The van der Waals surface area contributed by atoms with Crippen molar-refractivity contribution < 1.29 is 19.1 Å². The molecular weight excluding hydrogens is 374 g/mol. The summed E-state index contributed by atoms with van der Waals surface area (Å²) in [6, 6.07) is 17.3. The lowest BCUT2D eigenvalue weighted by Gasteiger charge is -2.11. The first-order valence-electron chi connectivity index (χ1n) is 8.86. The number of furan rings is 1. The number of fused-ring (bicyclic) bond motifs is 1. The van der Waals surface area contributed by atoms with Gasteiger partial charge in [0.1, 0.15) is 17.9 Å². The van der Waals surface area contributed by atoms with Crippen LogP contribution in [-0.2, 0) is 24.4 Å². The fourth-order valence-corrected chi connectivity index (χ4v) is 4.06. The Bertz CT molecular complexity index is 1130. The highest BCUT2D eigenvalue weighted by molar-refractivity contribution is 7.15. The molecule has 0 aliphatic carbocycles. The van der Waals surface area contributed by atoms with Crippen molar-refractivity contribution in [2.24, 2.45) is 5.73 Å². The summed E-state index contributed by atoms with van der Waals surface area (Å²) in [6.07, 6.45) is 1.61. The molecule has 0 amide bonds. The van der Waals surface area contributed by atoms with E-state index >= 15 is 0 Å². The fraction of sp³-hybridized carbons (Fsp3) is 0.136. The Morgan fingerprint density at radius 3 is 2.79 bits per heavy atom. The average Bonchev–Trinajstić information content (AvgIpc) is 3.35. The number of carboxylic acids is 1. The van der Waals surface area contributed by atoms with Crippen molar-refractivity contribution >= 4 is 28.3 Å². The summed E-state index contributed by atoms with van der Waals surface area (Å²) >= 11 is 1.65. The molecule has 2 aromatic heterocycles. The number of benzene rings is 2. The third-order valence-corrected chi connectivity index (χ3v) is 5.59. The van der Waals surface area contributed by atoms with E-state index in [1.807, 2.05) is 30.3 Å². The molecule has 0 unspecified atom stereocenters. The van der Waals surface area contributed by atoms with Crippen molar-refractivity contribution in [2.75, 3.05) is 0 Å². The van der Waals surface area contributed by atoms with Crippen LogP contribution in [0.2, 0.25) is 0 Å². The Morgan fingerprint density at radius 2 is 2.00 bits per heavy atom. The lowest BCUT2D eigenvalue weighted by Crippen LogP contribution is -2.04. The number of carbonyl (C=O) groups is 1. The van der Waals surface area contributed by atoms with Crippen LogP contribution in [0.3, 0.4) is 0 Å². The number of para-hydroxylation sites is 1. The monoisotopic (exact) mass is 393 g/mol. The van der Waals surface area contributed by atoms with E-state index < -0.39 is 5.97 Å². The van der Waals surface area contributed by atoms with E-state index in [0.717, 1.165) is 31.9 Å². The zero-order valence-corrected chi connectivity index (χ0v) is 15.9. The van der Waals surface area contributed by atoms with E-state index in [4.69, 9.17) is 20.0 Å². The van der Waals surface area contributed by atoms with Gasteiger partial charge in [-0.05, 0) is 42.0 Å². The lowest BCUT2D eigenvalue weighted by atomic mass is 10.1. The van der Waals surface area contributed by atoms with Gasteiger partial charge in [-0.15, -0.1) is 11.3 Å². The predicted molar refractivity (Wildman–Crippen MR) is 110 cm³/mol. The quantitative estimate of drug-likeness (QED) is 0.470. The standard InChI is InChI=1S/C22H19NO4S/c23-12-17-5-6-20(28-17)18-10-14(9-16-7-8-26-22(16)18)13-27-19-4-2-1-3-15(19)11-21(24)25/h1-10H,11-13,23H2,(H,24,25). The minimum absolute atomic E-state index is 0.0702. The van der Waals surface area contributed by atoms with Crippen LogP contribution >= 0.6 is 11.3 Å². The van der Waals surface area contributed by atoms with Gasteiger partial charge < -0.3 is 20.0 Å². The van der Waals surface area contributed by atoms with Crippen molar-refractivity contribution in [3.63, 3.8) is 0 Å². The molecule has 0 bridgehead atoms. The van der Waals surface area contributed by atoms with Crippen LogP contribution < -0.4 is 10.5 Å². The predicted octanol–water partition coefficient (Wildman–Crippen LogP) is 4.83. The zero-order chi connectivity index (χ0) is 19.5. The second-order valence-electron chi connectivity index (χ2n) is 6.42. The summed E-state index contributed by atoms with van der Waals surface area (Å²) in [5.41, 5.74) is 9.23. The minimum Gasteiger partial charge on any atom is -0.489 e. The summed E-state index contributed by atoms with van der Waals surface area (Å²) < 4.78 is 11.7. The van der Waals surface area contributed by atoms with Crippen LogP contribution in [0.15, 0.2) is 65.3 Å². The summed E-state index contributed by atoms with van der Waals surface area (Å²) in [5.74, 6) is -0.299. The molecule has 0 saturated heterocycles. The maximum atomic E-state index is 11.1. The number of thiophene rings is 1. The van der Waals surface area contributed by atoms with Crippen LogP contribution in [0.5, 0.6) is 5.75 Å². The Kier molecular flexibility index (Phi) is 5.14. The van der Waals surface area contributed by atoms with Crippen molar-refractivity contribution in [3.05, 3.63) is 76.9 Å². The van der Waals surface area contributed by atoms with Gasteiger partial charge >= 0.3 is 5.97 Å². The number of hydrogen-bond acceptors (Lipinski definition) is 5. The molecule has 4 aromatic rings. The van der Waals surface area contributed by atoms with Gasteiger partial charge in [0.15, 0.2) is 0 Å². The molecule has 0 aliphatic heterocycles. The van der Waals surface area contributed by atoms with Gasteiger partial charge in [-0.25, -0.2) is 0 Å².